The molecule has 150 valence electrons. The minimum Gasteiger partial charge on any atom is -0.507 e. The number of hydrogen-bond donors (Lipinski definition) is 2. The third kappa shape index (κ3) is 4.38. The smallest absolute Gasteiger partial charge is 0.232 e. The van der Waals surface area contributed by atoms with Crippen molar-refractivity contribution in [3.63, 3.8) is 0 Å². The molecular formula is C22H26O6. The largest absolute Gasteiger partial charge is 0.507 e. The van der Waals surface area contributed by atoms with Crippen LogP contribution in [-0.4, -0.2) is 33.3 Å². The SMILES string of the molecule is CC(C)(C)CC1=C(O)C(C2=CC(=O)C(=O)C(CC(C)(C)C)=C2O)=CC(=O)C1=O. The van der Waals surface area contributed by atoms with E-state index in [1.807, 2.05) is 41.5 Å². The molecule has 28 heavy (non-hydrogen) atoms. The van der Waals surface area contributed by atoms with Crippen LogP contribution < -0.4 is 0 Å². The van der Waals surface area contributed by atoms with Gasteiger partial charge in [0.05, 0.1) is 0 Å². The van der Waals surface area contributed by atoms with Crippen molar-refractivity contribution in [2.24, 2.45) is 10.8 Å². The summed E-state index contributed by atoms with van der Waals surface area (Å²) in [6.07, 6.45) is 2.09. The van der Waals surface area contributed by atoms with Gasteiger partial charge in [-0.05, 0) is 23.7 Å². The first kappa shape index (κ1) is 21.5. The van der Waals surface area contributed by atoms with E-state index in [-0.39, 0.29) is 46.0 Å². The molecule has 2 N–H and O–H groups in total. The van der Waals surface area contributed by atoms with E-state index in [0.717, 1.165) is 12.2 Å². The summed E-state index contributed by atoms with van der Waals surface area (Å²) < 4.78 is 0. The zero-order valence-corrected chi connectivity index (χ0v) is 17.1. The summed E-state index contributed by atoms with van der Waals surface area (Å²) in [7, 11) is 0. The second-order valence-corrected chi connectivity index (χ2v) is 9.63. The number of hydrogen-bond acceptors (Lipinski definition) is 6. The van der Waals surface area contributed by atoms with Crippen LogP contribution >= 0.6 is 0 Å². The molecule has 6 nitrogen and oxygen atoms in total. The lowest BCUT2D eigenvalue weighted by Crippen LogP contribution is -2.28. The van der Waals surface area contributed by atoms with Gasteiger partial charge in [0.1, 0.15) is 11.5 Å². The zero-order valence-electron chi connectivity index (χ0n) is 17.1. The molecule has 6 heteroatoms. The Morgan fingerprint density at radius 2 is 0.929 bits per heavy atom. The predicted octanol–water partition coefficient (Wildman–Crippen LogP) is 3.64. The standard InChI is InChI=1S/C22H26O6/c1-21(2,3)9-13-17(25)11(7-15(23)19(13)27)12-8-16(24)20(28)14(18(12)26)10-22(4,5)6/h7-8,25-26H,9-10H2,1-6H3. The predicted molar refractivity (Wildman–Crippen MR) is 104 cm³/mol. The molecule has 0 spiro atoms. The van der Waals surface area contributed by atoms with Crippen LogP contribution in [0.15, 0.2) is 46.0 Å². The second-order valence-electron chi connectivity index (χ2n) is 9.63. The van der Waals surface area contributed by atoms with Gasteiger partial charge in [-0.1, -0.05) is 41.5 Å². The third-order valence-corrected chi connectivity index (χ3v) is 4.33. The summed E-state index contributed by atoms with van der Waals surface area (Å²) in [5, 5.41) is 21.4. The summed E-state index contributed by atoms with van der Waals surface area (Å²) in [5.74, 6) is -4.21. The van der Waals surface area contributed by atoms with Crippen LogP contribution in [0, 0.1) is 10.8 Å². The van der Waals surface area contributed by atoms with Crippen molar-refractivity contribution in [3.8, 4) is 0 Å². The van der Waals surface area contributed by atoms with Crippen molar-refractivity contribution >= 4 is 23.1 Å². The summed E-state index contributed by atoms with van der Waals surface area (Å²) in [6.45, 7) is 11.1. The number of aliphatic hydroxyl groups excluding tert-OH is 2. The molecule has 0 amide bonds. The van der Waals surface area contributed by atoms with Crippen LogP contribution in [0.4, 0.5) is 0 Å². The molecular weight excluding hydrogens is 360 g/mol. The second kappa shape index (κ2) is 7.00. The van der Waals surface area contributed by atoms with E-state index in [9.17, 15) is 29.4 Å². The molecule has 0 fully saturated rings. The summed E-state index contributed by atoms with van der Waals surface area (Å²) >= 11 is 0. The highest BCUT2D eigenvalue weighted by molar-refractivity contribution is 6.50. The number of rotatable bonds is 3. The van der Waals surface area contributed by atoms with Gasteiger partial charge in [-0.15, -0.1) is 0 Å². The van der Waals surface area contributed by atoms with Crippen LogP contribution in [-0.2, 0) is 19.2 Å². The third-order valence-electron chi connectivity index (χ3n) is 4.33. The Labute approximate surface area is 164 Å². The topological polar surface area (TPSA) is 109 Å². The van der Waals surface area contributed by atoms with E-state index >= 15 is 0 Å². The van der Waals surface area contributed by atoms with Crippen molar-refractivity contribution in [2.45, 2.75) is 54.4 Å². The van der Waals surface area contributed by atoms with Crippen molar-refractivity contribution < 1.29 is 29.4 Å². The maximum atomic E-state index is 12.3. The Balaban J connectivity index is 2.64. The molecule has 0 aromatic heterocycles. The average molecular weight is 386 g/mol. The van der Waals surface area contributed by atoms with Crippen molar-refractivity contribution in [3.05, 3.63) is 46.0 Å². The van der Waals surface area contributed by atoms with E-state index in [2.05, 4.69) is 0 Å². The molecule has 0 saturated heterocycles. The molecule has 0 radical (unpaired) electrons. The van der Waals surface area contributed by atoms with Crippen molar-refractivity contribution in [1.29, 1.82) is 0 Å². The Morgan fingerprint density at radius 1 is 0.643 bits per heavy atom. The fourth-order valence-electron chi connectivity index (χ4n) is 3.17. The van der Waals surface area contributed by atoms with Crippen LogP contribution in [0.1, 0.15) is 54.4 Å². The van der Waals surface area contributed by atoms with Gasteiger partial charge in [0, 0.05) is 34.4 Å². The first-order valence-corrected chi connectivity index (χ1v) is 9.08. The molecule has 0 atom stereocenters. The molecule has 0 aromatic carbocycles. The fourth-order valence-corrected chi connectivity index (χ4v) is 3.17. The number of allylic oxidation sites excluding steroid dienone is 6. The minimum atomic E-state index is -0.845. The maximum Gasteiger partial charge on any atom is 0.232 e. The van der Waals surface area contributed by atoms with Gasteiger partial charge < -0.3 is 10.2 Å². The van der Waals surface area contributed by atoms with Gasteiger partial charge >= 0.3 is 0 Å². The van der Waals surface area contributed by atoms with E-state index in [1.54, 1.807) is 0 Å². The first-order valence-electron chi connectivity index (χ1n) is 9.08. The van der Waals surface area contributed by atoms with E-state index in [0.29, 0.717) is 0 Å². The number of ketones is 4. The van der Waals surface area contributed by atoms with E-state index in [1.165, 1.54) is 0 Å². The van der Waals surface area contributed by atoms with Gasteiger partial charge in [0.15, 0.2) is 0 Å². The lowest BCUT2D eigenvalue weighted by molar-refractivity contribution is -0.132. The summed E-state index contributed by atoms with van der Waals surface area (Å²) in [6, 6.07) is 0. The van der Waals surface area contributed by atoms with Gasteiger partial charge in [-0.25, -0.2) is 0 Å². The molecule has 0 aliphatic heterocycles. The summed E-state index contributed by atoms with van der Waals surface area (Å²) in [4.78, 5) is 48.9. The molecule has 2 aliphatic rings. The van der Waals surface area contributed by atoms with Gasteiger partial charge in [0.2, 0.25) is 23.1 Å². The van der Waals surface area contributed by atoms with Crippen LogP contribution in [0.2, 0.25) is 0 Å². The Morgan fingerprint density at radius 3 is 1.18 bits per heavy atom. The van der Waals surface area contributed by atoms with E-state index < -0.39 is 34.7 Å². The zero-order chi connectivity index (χ0) is 21.6. The highest BCUT2D eigenvalue weighted by Gasteiger charge is 2.37. The molecule has 0 aromatic rings. The lowest BCUT2D eigenvalue weighted by Gasteiger charge is -2.26. The molecule has 2 rings (SSSR count). The Bertz CT molecular complexity index is 832. The molecule has 0 saturated carbocycles. The lowest BCUT2D eigenvalue weighted by atomic mass is 9.78. The van der Waals surface area contributed by atoms with Crippen LogP contribution in [0.3, 0.4) is 0 Å². The van der Waals surface area contributed by atoms with E-state index in [4.69, 9.17) is 0 Å². The molecule has 0 bridgehead atoms. The normalized spacial score (nSPS) is 19.4. The van der Waals surface area contributed by atoms with Crippen molar-refractivity contribution in [1.82, 2.24) is 0 Å². The molecule has 0 heterocycles. The fraction of sp³-hybridized carbons (Fsp3) is 0.455. The molecule has 0 unspecified atom stereocenters. The van der Waals surface area contributed by atoms with Crippen molar-refractivity contribution in [2.75, 3.05) is 0 Å². The van der Waals surface area contributed by atoms with Crippen LogP contribution in [0.5, 0.6) is 0 Å². The number of aliphatic hydroxyl groups is 2. The summed E-state index contributed by atoms with van der Waals surface area (Å²) in [5.41, 5.74) is -1.13. The quantitative estimate of drug-likeness (QED) is 0.566. The Kier molecular flexibility index (Phi) is 5.39. The molecule has 2 aliphatic carbocycles. The average Bonchev–Trinajstić information content (AvgIpc) is 2.53. The monoisotopic (exact) mass is 386 g/mol. The van der Waals surface area contributed by atoms with Gasteiger partial charge in [0.25, 0.3) is 0 Å². The van der Waals surface area contributed by atoms with Gasteiger partial charge in [-0.2, -0.15) is 0 Å². The number of Topliss-reactive ketones (excluding diaryl/α,β-unsaturated/α-hetero) is 2. The number of carbonyl (C=O) groups is 4. The minimum absolute atomic E-state index is 0.0644. The van der Waals surface area contributed by atoms with Gasteiger partial charge in [-0.3, -0.25) is 19.2 Å². The van der Waals surface area contributed by atoms with Crippen LogP contribution in [0.25, 0.3) is 0 Å². The maximum absolute atomic E-state index is 12.3. The Hall–Kier alpha value is -2.76. The first-order chi connectivity index (χ1) is 12.6. The number of carbonyl (C=O) groups excluding carboxylic acids is 4. The highest BCUT2D eigenvalue weighted by Crippen LogP contribution is 2.38. The highest BCUT2D eigenvalue weighted by atomic mass is 16.3.